The molecule has 0 spiro atoms. The van der Waals surface area contributed by atoms with E-state index in [4.69, 9.17) is 9.84 Å². The summed E-state index contributed by atoms with van der Waals surface area (Å²) >= 11 is 2.00. The minimum absolute atomic E-state index is 0.0244. The monoisotopic (exact) mass is 472 g/mol. The highest BCUT2D eigenvalue weighted by Crippen LogP contribution is 2.27. The number of nitrogens with zero attached hydrogens (tertiary/aromatic N) is 2. The number of hydrogen-bond acceptors (Lipinski definition) is 4. The zero-order valence-corrected chi connectivity index (χ0v) is 15.7. The molecule has 0 fully saturated rings. The molecule has 3 aromatic rings. The number of hydrogen-bond donors (Lipinski definition) is 1. The van der Waals surface area contributed by atoms with Gasteiger partial charge in [-0.1, -0.05) is 6.07 Å². The molecule has 8 heteroatoms. The number of carbonyl (C=O) groups is 1. The van der Waals surface area contributed by atoms with E-state index in [1.807, 2.05) is 22.6 Å². The van der Waals surface area contributed by atoms with Crippen molar-refractivity contribution in [3.8, 4) is 0 Å². The zero-order chi connectivity index (χ0) is 18.7. The fourth-order valence-electron chi connectivity index (χ4n) is 2.75. The average molecular weight is 472 g/mol. The van der Waals surface area contributed by atoms with Crippen molar-refractivity contribution in [3.05, 3.63) is 68.8 Å². The van der Waals surface area contributed by atoms with Gasteiger partial charge in [-0.15, -0.1) is 0 Å². The number of aliphatic hydroxyl groups is 1. The van der Waals surface area contributed by atoms with E-state index >= 15 is 0 Å². The van der Waals surface area contributed by atoms with Crippen LogP contribution >= 0.6 is 22.6 Å². The molecule has 136 valence electrons. The van der Waals surface area contributed by atoms with Gasteiger partial charge in [-0.25, -0.2) is 4.39 Å². The van der Waals surface area contributed by atoms with Gasteiger partial charge in [0.05, 0.1) is 30.5 Å². The minimum Gasteiger partial charge on any atom is -0.394 e. The fourth-order valence-corrected chi connectivity index (χ4v) is 3.20. The molecule has 0 radical (unpaired) electrons. The Labute approximate surface area is 161 Å². The van der Waals surface area contributed by atoms with Crippen molar-refractivity contribution in [1.82, 2.24) is 9.38 Å². The maximum atomic E-state index is 14.8. The standard InChI is InChI=1S/C18H15F2IN2O3/c19-14-8-12(21)2-1-11(14)7-13-15-9-22-3-4-23(15)18(20)17(13)16(25)10-26-6-5-24/h1-4,8-9,24H,5-7,10H2. The summed E-state index contributed by atoms with van der Waals surface area (Å²) in [6.07, 6.45) is 4.29. The molecular formula is C18H15F2IN2O3. The normalized spacial score (nSPS) is 11.2. The molecule has 0 amide bonds. The highest BCUT2D eigenvalue weighted by Gasteiger charge is 2.25. The molecule has 1 aromatic carbocycles. The van der Waals surface area contributed by atoms with Crippen LogP contribution in [0.1, 0.15) is 21.5 Å². The van der Waals surface area contributed by atoms with Gasteiger partial charge in [0.1, 0.15) is 12.4 Å². The summed E-state index contributed by atoms with van der Waals surface area (Å²) < 4.78 is 36.1. The largest absolute Gasteiger partial charge is 0.394 e. The molecule has 0 saturated heterocycles. The summed E-state index contributed by atoms with van der Waals surface area (Å²) in [4.78, 5) is 16.5. The average Bonchev–Trinajstić information content (AvgIpc) is 2.90. The van der Waals surface area contributed by atoms with Gasteiger partial charge in [0.25, 0.3) is 0 Å². The third-order valence-corrected chi connectivity index (χ3v) is 4.59. The van der Waals surface area contributed by atoms with Crippen molar-refractivity contribution in [3.63, 3.8) is 0 Å². The summed E-state index contributed by atoms with van der Waals surface area (Å²) in [5.41, 5.74) is 0.961. The number of benzene rings is 1. The number of rotatable bonds is 7. The van der Waals surface area contributed by atoms with Crippen LogP contribution in [0.4, 0.5) is 8.78 Å². The summed E-state index contributed by atoms with van der Waals surface area (Å²) in [7, 11) is 0. The Morgan fingerprint density at radius 1 is 1.35 bits per heavy atom. The molecule has 1 N–H and O–H groups in total. The van der Waals surface area contributed by atoms with Crippen LogP contribution in [0.15, 0.2) is 36.8 Å². The fraction of sp³-hybridized carbons (Fsp3) is 0.222. The molecule has 0 atom stereocenters. The van der Waals surface area contributed by atoms with E-state index in [1.165, 1.54) is 29.1 Å². The van der Waals surface area contributed by atoms with Crippen LogP contribution in [0.5, 0.6) is 0 Å². The van der Waals surface area contributed by atoms with Gasteiger partial charge in [-0.3, -0.25) is 14.2 Å². The highest BCUT2D eigenvalue weighted by molar-refractivity contribution is 14.1. The molecule has 0 saturated carbocycles. The van der Waals surface area contributed by atoms with E-state index in [9.17, 15) is 13.6 Å². The van der Waals surface area contributed by atoms with Crippen LogP contribution in [0.25, 0.3) is 5.52 Å². The van der Waals surface area contributed by atoms with E-state index in [-0.39, 0.29) is 31.8 Å². The first-order valence-corrected chi connectivity index (χ1v) is 8.89. The number of ketones is 1. The van der Waals surface area contributed by atoms with Crippen molar-refractivity contribution in [2.45, 2.75) is 6.42 Å². The Balaban J connectivity index is 2.07. The van der Waals surface area contributed by atoms with Gasteiger partial charge in [-0.2, -0.15) is 4.39 Å². The Morgan fingerprint density at radius 3 is 2.88 bits per heavy atom. The van der Waals surface area contributed by atoms with Crippen molar-refractivity contribution in [1.29, 1.82) is 0 Å². The van der Waals surface area contributed by atoms with Crippen LogP contribution in [0.2, 0.25) is 0 Å². The van der Waals surface area contributed by atoms with Gasteiger partial charge in [0.15, 0.2) is 5.78 Å². The first kappa shape index (κ1) is 18.9. The molecule has 0 aliphatic carbocycles. The Morgan fingerprint density at radius 2 is 2.15 bits per heavy atom. The topological polar surface area (TPSA) is 63.8 Å². The highest BCUT2D eigenvalue weighted by atomic mass is 127. The summed E-state index contributed by atoms with van der Waals surface area (Å²) in [6, 6.07) is 4.75. The number of aliphatic hydroxyl groups excluding tert-OH is 1. The summed E-state index contributed by atoms with van der Waals surface area (Å²) in [5.74, 6) is -1.73. The Hall–Kier alpha value is -1.91. The minimum atomic E-state index is -0.735. The van der Waals surface area contributed by atoms with Crippen molar-refractivity contribution < 1.29 is 23.4 Å². The first-order chi connectivity index (χ1) is 12.5. The quantitative estimate of drug-likeness (QED) is 0.327. The molecule has 2 heterocycles. The Kier molecular flexibility index (Phi) is 5.94. The summed E-state index contributed by atoms with van der Waals surface area (Å²) in [5, 5.41) is 8.76. The second kappa shape index (κ2) is 8.19. The molecule has 2 aromatic heterocycles. The van der Waals surface area contributed by atoms with Gasteiger partial charge < -0.3 is 9.84 Å². The van der Waals surface area contributed by atoms with Gasteiger partial charge in [0.2, 0.25) is 5.95 Å². The lowest BCUT2D eigenvalue weighted by atomic mass is 10.00. The van der Waals surface area contributed by atoms with Gasteiger partial charge in [-0.05, 0) is 45.9 Å². The Bertz CT molecular complexity index is 959. The van der Waals surface area contributed by atoms with Crippen molar-refractivity contribution in [2.24, 2.45) is 0 Å². The lowest BCUT2D eigenvalue weighted by molar-refractivity contribution is 0.0659. The van der Waals surface area contributed by atoms with E-state index in [0.29, 0.717) is 16.6 Å². The van der Waals surface area contributed by atoms with E-state index in [0.717, 1.165) is 3.57 Å². The second-order valence-corrected chi connectivity index (χ2v) is 6.83. The van der Waals surface area contributed by atoms with Gasteiger partial charge >= 0.3 is 0 Å². The number of carbonyl (C=O) groups excluding carboxylic acids is 1. The molecule has 0 aliphatic heterocycles. The first-order valence-electron chi connectivity index (χ1n) is 7.81. The van der Waals surface area contributed by atoms with E-state index in [1.54, 1.807) is 12.1 Å². The maximum absolute atomic E-state index is 14.8. The SMILES string of the molecule is O=C(COCCO)c1c(Cc2ccc(I)cc2F)c2cnccn2c1F. The molecule has 0 aliphatic rings. The summed E-state index contributed by atoms with van der Waals surface area (Å²) in [6.45, 7) is -0.633. The van der Waals surface area contributed by atoms with Crippen LogP contribution in [0, 0.1) is 15.3 Å². The third-order valence-electron chi connectivity index (χ3n) is 3.92. The maximum Gasteiger partial charge on any atom is 0.209 e. The lowest BCUT2D eigenvalue weighted by Gasteiger charge is -2.07. The number of fused-ring (bicyclic) bond motifs is 1. The van der Waals surface area contributed by atoms with E-state index < -0.39 is 17.5 Å². The number of Topliss-reactive ketones (excluding diaryl/α,β-unsaturated/α-hetero) is 1. The van der Waals surface area contributed by atoms with Crippen molar-refractivity contribution in [2.75, 3.05) is 19.8 Å². The van der Waals surface area contributed by atoms with Crippen LogP contribution in [-0.2, 0) is 11.2 Å². The number of halogens is 3. The van der Waals surface area contributed by atoms with Crippen LogP contribution < -0.4 is 0 Å². The molecule has 0 unspecified atom stereocenters. The molecule has 0 bridgehead atoms. The lowest BCUT2D eigenvalue weighted by Crippen LogP contribution is -2.14. The van der Waals surface area contributed by atoms with Crippen LogP contribution in [0.3, 0.4) is 0 Å². The number of ether oxygens (including phenoxy) is 1. The van der Waals surface area contributed by atoms with Crippen molar-refractivity contribution >= 4 is 33.9 Å². The zero-order valence-electron chi connectivity index (χ0n) is 13.6. The van der Waals surface area contributed by atoms with E-state index in [2.05, 4.69) is 4.98 Å². The molecule has 3 rings (SSSR count). The predicted octanol–water partition coefficient (Wildman–Crippen LogP) is 3.00. The molecule has 26 heavy (non-hydrogen) atoms. The van der Waals surface area contributed by atoms with Crippen LogP contribution in [-0.4, -0.2) is 40.1 Å². The smallest absolute Gasteiger partial charge is 0.209 e. The third kappa shape index (κ3) is 3.76. The molecular weight excluding hydrogens is 457 g/mol. The van der Waals surface area contributed by atoms with Gasteiger partial charge in [0, 0.05) is 22.4 Å². The second-order valence-electron chi connectivity index (χ2n) is 5.59. The predicted molar refractivity (Wildman–Crippen MR) is 99.3 cm³/mol. The molecule has 5 nitrogen and oxygen atoms in total. The number of aromatic nitrogens is 2.